The van der Waals surface area contributed by atoms with Crippen LogP contribution in [0.25, 0.3) is 0 Å². The van der Waals surface area contributed by atoms with Gasteiger partial charge in [-0.05, 0) is 18.4 Å². The Hall–Kier alpha value is -1.16. The van der Waals surface area contributed by atoms with E-state index in [0.29, 0.717) is 6.04 Å². The van der Waals surface area contributed by atoms with Gasteiger partial charge in [0.05, 0.1) is 12.6 Å². The van der Waals surface area contributed by atoms with Crippen molar-refractivity contribution in [2.24, 2.45) is 10.9 Å². The van der Waals surface area contributed by atoms with E-state index >= 15 is 0 Å². The summed E-state index contributed by atoms with van der Waals surface area (Å²) in [6.07, 6.45) is 2.19. The zero-order valence-electron chi connectivity index (χ0n) is 12.1. The molecule has 3 nitrogen and oxygen atoms in total. The van der Waals surface area contributed by atoms with E-state index < -0.39 is 0 Å². The van der Waals surface area contributed by atoms with Gasteiger partial charge in [0.15, 0.2) is 5.17 Å². The van der Waals surface area contributed by atoms with Crippen molar-refractivity contribution in [2.75, 3.05) is 12.4 Å². The zero-order chi connectivity index (χ0) is 13.9. The standard InChI is InChI=1S/C16H22N2OS/c1-11(2)9-12-10-20-16(17-12)18-14-7-8-19-15-6-4-3-5-13(14)15/h3-6,11-12,14H,7-10H2,1-2H3,(H,17,18). The van der Waals surface area contributed by atoms with E-state index in [1.54, 1.807) is 0 Å². The Morgan fingerprint density at radius 1 is 1.40 bits per heavy atom. The highest BCUT2D eigenvalue weighted by Crippen LogP contribution is 2.35. The third-order valence-corrected chi connectivity index (χ3v) is 4.77. The molecule has 1 N–H and O–H groups in total. The summed E-state index contributed by atoms with van der Waals surface area (Å²) in [6.45, 7) is 5.31. The van der Waals surface area contributed by atoms with E-state index in [-0.39, 0.29) is 6.04 Å². The molecule has 2 aliphatic rings. The Bertz CT molecular complexity index is 501. The fourth-order valence-corrected chi connectivity index (χ4v) is 3.84. The summed E-state index contributed by atoms with van der Waals surface area (Å²) in [5.74, 6) is 2.87. The number of nitrogens with zero attached hydrogens (tertiary/aromatic N) is 1. The molecule has 0 spiro atoms. The monoisotopic (exact) mass is 290 g/mol. The molecule has 0 radical (unpaired) electrons. The summed E-state index contributed by atoms with van der Waals surface area (Å²) in [5, 5.41) is 4.68. The van der Waals surface area contributed by atoms with Crippen LogP contribution in [0.1, 0.15) is 38.3 Å². The molecule has 1 saturated heterocycles. The molecule has 2 unspecified atom stereocenters. The molecule has 1 aromatic rings. The number of amidine groups is 1. The van der Waals surface area contributed by atoms with Gasteiger partial charge in [-0.15, -0.1) is 0 Å². The fraction of sp³-hybridized carbons (Fsp3) is 0.562. The zero-order valence-corrected chi connectivity index (χ0v) is 13.0. The molecule has 4 heteroatoms. The molecule has 1 aromatic carbocycles. The lowest BCUT2D eigenvalue weighted by molar-refractivity contribution is 0.269. The maximum atomic E-state index is 5.70. The SMILES string of the molecule is CC(C)CC1CSC(=NC2CCOc3ccccc32)N1. The first-order chi connectivity index (χ1) is 9.72. The average molecular weight is 290 g/mol. The average Bonchev–Trinajstić information content (AvgIpc) is 2.86. The van der Waals surface area contributed by atoms with Crippen molar-refractivity contribution < 1.29 is 4.74 Å². The minimum absolute atomic E-state index is 0.243. The second-order valence-electron chi connectivity index (χ2n) is 5.91. The topological polar surface area (TPSA) is 33.6 Å². The van der Waals surface area contributed by atoms with Crippen LogP contribution in [-0.4, -0.2) is 23.6 Å². The maximum Gasteiger partial charge on any atom is 0.157 e. The highest BCUT2D eigenvalue weighted by Gasteiger charge is 2.25. The van der Waals surface area contributed by atoms with Crippen LogP contribution in [0, 0.1) is 5.92 Å². The number of nitrogens with one attached hydrogen (secondary N) is 1. The molecule has 0 aromatic heterocycles. The Morgan fingerprint density at radius 3 is 3.10 bits per heavy atom. The second kappa shape index (κ2) is 6.08. The Kier molecular flexibility index (Phi) is 4.20. The molecular formula is C16H22N2OS. The first-order valence-electron chi connectivity index (χ1n) is 7.41. The van der Waals surface area contributed by atoms with Gasteiger partial charge in [0.1, 0.15) is 5.75 Å². The summed E-state index contributed by atoms with van der Waals surface area (Å²) in [4.78, 5) is 4.92. The second-order valence-corrected chi connectivity index (χ2v) is 6.92. The molecule has 0 aliphatic carbocycles. The van der Waals surface area contributed by atoms with E-state index in [9.17, 15) is 0 Å². The Morgan fingerprint density at radius 2 is 2.25 bits per heavy atom. The molecule has 20 heavy (non-hydrogen) atoms. The molecule has 1 fully saturated rings. The molecule has 3 rings (SSSR count). The summed E-state index contributed by atoms with van der Waals surface area (Å²) in [7, 11) is 0. The number of fused-ring (bicyclic) bond motifs is 1. The van der Waals surface area contributed by atoms with Crippen molar-refractivity contribution in [3.8, 4) is 5.75 Å². The smallest absolute Gasteiger partial charge is 0.157 e. The number of hydrogen-bond acceptors (Lipinski definition) is 3. The van der Waals surface area contributed by atoms with Gasteiger partial charge in [-0.1, -0.05) is 43.8 Å². The van der Waals surface area contributed by atoms with E-state index in [2.05, 4.69) is 31.3 Å². The predicted octanol–water partition coefficient (Wildman–Crippen LogP) is 3.62. The van der Waals surface area contributed by atoms with E-state index in [1.165, 1.54) is 12.0 Å². The van der Waals surface area contributed by atoms with Gasteiger partial charge in [0.25, 0.3) is 0 Å². The van der Waals surface area contributed by atoms with Crippen LogP contribution in [-0.2, 0) is 0 Å². The first-order valence-corrected chi connectivity index (χ1v) is 8.40. The summed E-state index contributed by atoms with van der Waals surface area (Å²) >= 11 is 1.86. The van der Waals surface area contributed by atoms with Gasteiger partial charge < -0.3 is 10.1 Å². The van der Waals surface area contributed by atoms with Gasteiger partial charge in [0, 0.05) is 23.8 Å². The minimum atomic E-state index is 0.243. The highest BCUT2D eigenvalue weighted by atomic mass is 32.2. The molecule has 0 bridgehead atoms. The fourth-order valence-electron chi connectivity index (χ4n) is 2.81. The number of para-hydroxylation sites is 1. The van der Waals surface area contributed by atoms with Gasteiger partial charge in [-0.3, -0.25) is 4.99 Å². The number of aliphatic imine (C=N–C) groups is 1. The summed E-state index contributed by atoms with van der Waals surface area (Å²) in [6, 6.07) is 9.08. The van der Waals surface area contributed by atoms with Crippen LogP contribution in [0.5, 0.6) is 5.75 Å². The molecule has 2 atom stereocenters. The van der Waals surface area contributed by atoms with Crippen LogP contribution in [0.3, 0.4) is 0 Å². The largest absolute Gasteiger partial charge is 0.493 e. The Balaban J connectivity index is 1.71. The van der Waals surface area contributed by atoms with Crippen LogP contribution >= 0.6 is 11.8 Å². The van der Waals surface area contributed by atoms with Crippen molar-refractivity contribution in [3.63, 3.8) is 0 Å². The summed E-state index contributed by atoms with van der Waals surface area (Å²) in [5.41, 5.74) is 1.22. The minimum Gasteiger partial charge on any atom is -0.493 e. The molecule has 0 amide bonds. The third-order valence-electron chi connectivity index (χ3n) is 3.70. The Labute approximate surface area is 125 Å². The number of ether oxygens (including phenoxy) is 1. The number of thioether (sulfide) groups is 1. The van der Waals surface area contributed by atoms with Crippen molar-refractivity contribution in [1.82, 2.24) is 5.32 Å². The number of rotatable bonds is 3. The van der Waals surface area contributed by atoms with Crippen LogP contribution in [0.15, 0.2) is 29.3 Å². The number of hydrogen-bond donors (Lipinski definition) is 1. The molecule has 0 saturated carbocycles. The van der Waals surface area contributed by atoms with Gasteiger partial charge in [0.2, 0.25) is 0 Å². The molecule has 2 aliphatic heterocycles. The van der Waals surface area contributed by atoms with Crippen molar-refractivity contribution in [1.29, 1.82) is 0 Å². The third kappa shape index (κ3) is 3.11. The lowest BCUT2D eigenvalue weighted by Crippen LogP contribution is -2.28. The predicted molar refractivity (Wildman–Crippen MR) is 85.6 cm³/mol. The molecule has 2 heterocycles. The first kappa shape index (κ1) is 13.8. The number of benzene rings is 1. The lowest BCUT2D eigenvalue weighted by atomic mass is 10.0. The lowest BCUT2D eigenvalue weighted by Gasteiger charge is -2.23. The van der Waals surface area contributed by atoms with Crippen LogP contribution in [0.4, 0.5) is 0 Å². The van der Waals surface area contributed by atoms with Gasteiger partial charge in [-0.25, -0.2) is 0 Å². The van der Waals surface area contributed by atoms with Crippen molar-refractivity contribution in [3.05, 3.63) is 29.8 Å². The maximum absolute atomic E-state index is 5.70. The quantitative estimate of drug-likeness (QED) is 0.923. The van der Waals surface area contributed by atoms with Gasteiger partial charge in [-0.2, -0.15) is 0 Å². The molecular weight excluding hydrogens is 268 g/mol. The van der Waals surface area contributed by atoms with E-state index in [1.807, 2.05) is 23.9 Å². The van der Waals surface area contributed by atoms with Crippen LogP contribution in [0.2, 0.25) is 0 Å². The van der Waals surface area contributed by atoms with E-state index in [0.717, 1.165) is 35.6 Å². The molecule has 108 valence electrons. The normalized spacial score (nSPS) is 27.2. The van der Waals surface area contributed by atoms with Crippen molar-refractivity contribution in [2.45, 2.75) is 38.8 Å². The summed E-state index contributed by atoms with van der Waals surface area (Å²) < 4.78 is 5.70. The van der Waals surface area contributed by atoms with Crippen molar-refractivity contribution >= 4 is 16.9 Å². The highest BCUT2D eigenvalue weighted by molar-refractivity contribution is 8.14. The van der Waals surface area contributed by atoms with Gasteiger partial charge >= 0.3 is 0 Å². The van der Waals surface area contributed by atoms with E-state index in [4.69, 9.17) is 9.73 Å². The van der Waals surface area contributed by atoms with Crippen LogP contribution < -0.4 is 10.1 Å².